The Balaban J connectivity index is 4.59. The third-order valence-corrected chi connectivity index (χ3v) is 18.0. The Morgan fingerprint density at radius 3 is 1.35 bits per heavy atom. The molecule has 13 atom stereocenters. The van der Waals surface area contributed by atoms with Crippen LogP contribution in [0.4, 0.5) is 0 Å². The molecule has 0 radical (unpaired) electrons. The molecule has 1 heterocycles. The van der Waals surface area contributed by atoms with Gasteiger partial charge in [0.2, 0.25) is 65.0 Å². The first-order valence-electron chi connectivity index (χ1n) is 33.7. The van der Waals surface area contributed by atoms with Gasteiger partial charge >= 0.3 is 0 Å². The number of likely N-dealkylation sites (N-methyl/N-ethyl adjacent to an activating group) is 7. The molecular formula is C68H124N12O13. The van der Waals surface area contributed by atoms with Crippen LogP contribution in [0, 0.1) is 35.5 Å². The summed E-state index contributed by atoms with van der Waals surface area (Å²) in [4.78, 5) is 174. The largest absolute Gasteiger partial charge is 0.390 e. The second-order valence-electron chi connectivity index (χ2n) is 28.5. The number of aliphatic hydroxyl groups is 2. The molecule has 1 rings (SSSR count). The normalized spacial score (nSPS) is 26.6. The van der Waals surface area contributed by atoms with Gasteiger partial charge in [-0.3, -0.25) is 52.7 Å². The highest BCUT2D eigenvalue weighted by molar-refractivity contribution is 6.00. The van der Waals surface area contributed by atoms with Crippen molar-refractivity contribution in [3.05, 3.63) is 12.2 Å². The van der Waals surface area contributed by atoms with Crippen molar-refractivity contribution < 1.29 is 63.0 Å². The zero-order valence-electron chi connectivity index (χ0n) is 61.6. The van der Waals surface area contributed by atoms with Crippen molar-refractivity contribution in [2.24, 2.45) is 35.5 Å². The average molecular weight is 1320 g/mol. The molecule has 0 unspecified atom stereocenters. The van der Waals surface area contributed by atoms with E-state index in [9.17, 15) is 34.2 Å². The van der Waals surface area contributed by atoms with E-state index in [2.05, 4.69) is 21.3 Å². The van der Waals surface area contributed by atoms with Crippen molar-refractivity contribution in [3.8, 4) is 0 Å². The van der Waals surface area contributed by atoms with Gasteiger partial charge in [0.05, 0.1) is 11.7 Å². The van der Waals surface area contributed by atoms with E-state index in [0.717, 1.165) is 9.80 Å². The molecule has 1 saturated heterocycles. The number of nitrogens with zero attached hydrogens (tertiary/aromatic N) is 8. The van der Waals surface area contributed by atoms with Gasteiger partial charge in [0, 0.05) is 62.3 Å². The quantitative estimate of drug-likeness (QED) is 0.0952. The topological polar surface area (TPSA) is 302 Å². The van der Waals surface area contributed by atoms with Gasteiger partial charge in [0.15, 0.2) is 0 Å². The van der Waals surface area contributed by atoms with Gasteiger partial charge in [-0.2, -0.15) is 0 Å². The molecule has 6 N–H and O–H groups in total. The lowest BCUT2D eigenvalue weighted by molar-refractivity contribution is -0.157. The van der Waals surface area contributed by atoms with Crippen LogP contribution in [0.1, 0.15) is 176 Å². The number of aliphatic hydroxyl groups excluding tert-OH is 1. The summed E-state index contributed by atoms with van der Waals surface area (Å²) in [5.41, 5.74) is -1.58. The lowest BCUT2D eigenvalue weighted by atomic mass is 9.91. The number of carbonyl (C=O) groups is 11. The molecule has 1 fully saturated rings. The van der Waals surface area contributed by atoms with E-state index in [0.29, 0.717) is 19.6 Å². The molecule has 1 aliphatic rings. The number of hydrogen-bond acceptors (Lipinski definition) is 14. The molecule has 25 nitrogen and oxygen atoms in total. The van der Waals surface area contributed by atoms with Crippen LogP contribution in [-0.2, 0) is 52.7 Å². The summed E-state index contributed by atoms with van der Waals surface area (Å²) in [5.74, 6) is -10.2. The van der Waals surface area contributed by atoms with E-state index in [-0.39, 0.29) is 62.7 Å². The molecule has 11 amide bonds. The number of carbonyl (C=O) groups excluding carboxylic acids is 11. The zero-order chi connectivity index (χ0) is 72.2. The average Bonchev–Trinajstić information content (AvgIpc) is 0.815. The Bertz CT molecular complexity index is 2530. The van der Waals surface area contributed by atoms with Crippen LogP contribution in [0.25, 0.3) is 0 Å². The van der Waals surface area contributed by atoms with Crippen molar-refractivity contribution in [1.82, 2.24) is 60.5 Å². The maximum absolute atomic E-state index is 15.3. The Kier molecular flexibility index (Phi) is 35.0. The van der Waals surface area contributed by atoms with Gasteiger partial charge in [-0.1, -0.05) is 109 Å². The molecule has 0 saturated carbocycles. The minimum Gasteiger partial charge on any atom is -0.390 e. The predicted octanol–water partition coefficient (Wildman–Crippen LogP) is 3.48. The Morgan fingerprint density at radius 2 is 0.903 bits per heavy atom. The molecule has 0 aromatic heterocycles. The monoisotopic (exact) mass is 1320 g/mol. The highest BCUT2D eigenvalue weighted by Crippen LogP contribution is 2.27. The third-order valence-electron chi connectivity index (χ3n) is 18.0. The molecule has 0 bridgehead atoms. The minimum atomic E-state index is -1.66. The van der Waals surface area contributed by atoms with E-state index in [4.69, 9.17) is 0 Å². The number of nitrogens with one attached hydrogen (secondary N) is 4. The number of rotatable bonds is 20. The van der Waals surface area contributed by atoms with Crippen molar-refractivity contribution in [1.29, 1.82) is 0 Å². The number of allylic oxidation sites excluding steroid dienone is 2. The van der Waals surface area contributed by atoms with Crippen molar-refractivity contribution in [2.45, 2.75) is 255 Å². The standard InChI is InChI=1S/C68H124N12O13/c1-27-31-32-44(15)56(81)55-60(85)71-47(28-2)62(87)73(20)48(33-34-80(29-3)30-4)63(88)77(24)52(38-68(18,19)93)59(84)72-53(42(11)12)66(91)74(21)49(35-39(5)6)58(83)69-45(16)57(82)70-46(17)61(86)75(22)50(36-40(7)8)64(89)76(23)51(37-41(9)10)65(90)78(25)54(43(13)14)67(92)79(55)26/h27,31,39-56,81,93H,28-30,32-38H2,1-26H3,(H,69,83)(H,70,82)(H,71,85)(H,72,84)/b31-27+/t44-,45+,46-,47+,48-,49+,50+,51+,52+,53+,54+,55+,56-/m1/s1. The number of hydrogen-bond donors (Lipinski definition) is 6. The lowest BCUT2D eigenvalue weighted by Gasteiger charge is -2.41. The molecule has 25 heteroatoms. The SMILES string of the molecule is C/C=C/C[C@@H](C)[C@@H](O)[C@H]1C(=O)N[C@@H](CC)C(=O)N(C)[C@H](CCN(CC)CC)C(=O)N(C)[C@@H](CC(C)(C)O)C(=O)N[C@@H](C(C)C)C(=O)N(C)[C@@H](CC(C)C)C(=O)N[C@@H](C)C(=O)N[C@H](C)C(=O)N(C)[C@@H](CC(C)C)C(=O)N(C)[C@@H](CC(C)C)C(=O)N(C)[C@@H](C(C)C)C(=O)N1C. The lowest BCUT2D eigenvalue weighted by Crippen LogP contribution is -2.64. The van der Waals surface area contributed by atoms with Crippen molar-refractivity contribution in [3.63, 3.8) is 0 Å². The predicted molar refractivity (Wildman–Crippen MR) is 361 cm³/mol. The van der Waals surface area contributed by atoms with Gasteiger partial charge in [-0.25, -0.2) is 0 Å². The van der Waals surface area contributed by atoms with Crippen molar-refractivity contribution >= 4 is 65.0 Å². The fourth-order valence-corrected chi connectivity index (χ4v) is 12.0. The molecule has 93 heavy (non-hydrogen) atoms. The van der Waals surface area contributed by atoms with Crippen LogP contribution >= 0.6 is 0 Å². The first-order chi connectivity index (χ1) is 42.9. The summed E-state index contributed by atoms with van der Waals surface area (Å²) in [6.07, 6.45) is 2.42. The summed E-state index contributed by atoms with van der Waals surface area (Å²) >= 11 is 0. The second kappa shape index (κ2) is 38.4. The van der Waals surface area contributed by atoms with Crippen LogP contribution in [0.15, 0.2) is 12.2 Å². The summed E-state index contributed by atoms with van der Waals surface area (Å²) in [6.45, 7) is 34.3. The van der Waals surface area contributed by atoms with Crippen LogP contribution in [0.3, 0.4) is 0 Å². The van der Waals surface area contributed by atoms with Gasteiger partial charge in [0.25, 0.3) is 0 Å². The van der Waals surface area contributed by atoms with E-state index in [1.54, 1.807) is 60.6 Å². The molecule has 0 aromatic carbocycles. The third kappa shape index (κ3) is 24.2. The van der Waals surface area contributed by atoms with Crippen LogP contribution < -0.4 is 21.3 Å². The molecule has 0 aliphatic carbocycles. The highest BCUT2D eigenvalue weighted by atomic mass is 16.3. The van der Waals surface area contributed by atoms with Gasteiger partial charge < -0.3 is 70.7 Å². The first-order valence-corrected chi connectivity index (χ1v) is 33.7. The zero-order valence-corrected chi connectivity index (χ0v) is 61.6. The molecule has 1 aliphatic heterocycles. The van der Waals surface area contributed by atoms with E-state index in [1.165, 1.54) is 102 Å². The maximum Gasteiger partial charge on any atom is 0.246 e. The van der Waals surface area contributed by atoms with Gasteiger partial charge in [-0.15, -0.1) is 0 Å². The van der Waals surface area contributed by atoms with Crippen LogP contribution in [0.2, 0.25) is 0 Å². The minimum absolute atomic E-state index is 0.0246. The molecule has 534 valence electrons. The Hall–Kier alpha value is -6.21. The second-order valence-corrected chi connectivity index (χ2v) is 28.5. The summed E-state index contributed by atoms with van der Waals surface area (Å²) in [5, 5.41) is 34.7. The smallest absolute Gasteiger partial charge is 0.246 e. The van der Waals surface area contributed by atoms with Crippen molar-refractivity contribution in [2.75, 3.05) is 69.0 Å². The van der Waals surface area contributed by atoms with E-state index in [1.807, 2.05) is 60.3 Å². The maximum atomic E-state index is 15.3. The molecular weight excluding hydrogens is 1190 g/mol. The van der Waals surface area contributed by atoms with Gasteiger partial charge in [0.1, 0.15) is 66.5 Å². The van der Waals surface area contributed by atoms with Gasteiger partial charge in [-0.05, 0) is 122 Å². The van der Waals surface area contributed by atoms with Crippen LogP contribution in [-0.4, -0.2) is 262 Å². The Labute approximate surface area is 557 Å². The van der Waals surface area contributed by atoms with E-state index < -0.39 is 161 Å². The highest BCUT2D eigenvalue weighted by Gasteiger charge is 2.47. The summed E-state index contributed by atoms with van der Waals surface area (Å²) < 4.78 is 0. The molecule has 0 aromatic rings. The fourth-order valence-electron chi connectivity index (χ4n) is 12.0. The fraction of sp³-hybridized carbons (Fsp3) is 0.809. The van der Waals surface area contributed by atoms with Crippen LogP contribution in [0.5, 0.6) is 0 Å². The summed E-state index contributed by atoms with van der Waals surface area (Å²) in [6, 6.07) is -14.4. The van der Waals surface area contributed by atoms with E-state index >= 15 is 28.8 Å². The first kappa shape index (κ1) is 84.8. The number of amides is 11. The summed E-state index contributed by atoms with van der Waals surface area (Å²) in [7, 11) is 9.88. The molecule has 0 spiro atoms. The Morgan fingerprint density at radius 1 is 0.484 bits per heavy atom.